The van der Waals surface area contributed by atoms with Gasteiger partial charge in [0.25, 0.3) is 0 Å². The van der Waals surface area contributed by atoms with E-state index < -0.39 is 0 Å². The van der Waals surface area contributed by atoms with Crippen LogP contribution in [-0.4, -0.2) is 15.8 Å². The number of hydrogen-bond acceptors (Lipinski definition) is 2. The van der Waals surface area contributed by atoms with Crippen LogP contribution in [0.4, 0.5) is 4.39 Å². The Bertz CT molecular complexity index is 866. The van der Waals surface area contributed by atoms with Crippen LogP contribution in [-0.2, 0) is 17.8 Å². The molecule has 0 spiro atoms. The minimum Gasteiger partial charge on any atom is -0.330 e. The molecule has 28 heavy (non-hydrogen) atoms. The summed E-state index contributed by atoms with van der Waals surface area (Å²) in [6.07, 6.45) is 3.53. The fourth-order valence-electron chi connectivity index (χ4n) is 3.40. The van der Waals surface area contributed by atoms with Crippen molar-refractivity contribution in [1.29, 1.82) is 0 Å². The zero-order valence-corrected chi connectivity index (χ0v) is 16.1. The van der Waals surface area contributed by atoms with Crippen molar-refractivity contribution in [2.45, 2.75) is 38.8 Å². The van der Waals surface area contributed by atoms with Crippen molar-refractivity contribution in [1.82, 2.24) is 9.88 Å². The van der Waals surface area contributed by atoms with Gasteiger partial charge in [-0.15, -0.1) is 0 Å². The summed E-state index contributed by atoms with van der Waals surface area (Å²) in [5.74, 6) is -0.187. The van der Waals surface area contributed by atoms with Crippen LogP contribution in [0.3, 0.4) is 0 Å². The van der Waals surface area contributed by atoms with Gasteiger partial charge in [0.2, 0.25) is 5.91 Å². The molecular weight excluding hydrogens is 351 g/mol. The van der Waals surface area contributed by atoms with Crippen molar-refractivity contribution in [2.75, 3.05) is 0 Å². The number of aromatic nitrogens is 1. The smallest absolute Gasteiger partial charge is 0.223 e. The van der Waals surface area contributed by atoms with Crippen molar-refractivity contribution < 1.29 is 9.18 Å². The molecule has 1 amide bonds. The highest BCUT2D eigenvalue weighted by atomic mass is 19.1. The Morgan fingerprint density at radius 1 is 1.00 bits per heavy atom. The van der Waals surface area contributed by atoms with Crippen molar-refractivity contribution in [2.24, 2.45) is 0 Å². The molecule has 1 unspecified atom stereocenters. The van der Waals surface area contributed by atoms with Gasteiger partial charge in [-0.25, -0.2) is 4.39 Å². The number of hydrogen-bond donors (Lipinski definition) is 0. The van der Waals surface area contributed by atoms with Crippen molar-refractivity contribution in [3.05, 3.63) is 102 Å². The highest BCUT2D eigenvalue weighted by Gasteiger charge is 2.24. The first kappa shape index (κ1) is 19.7. The molecular formula is C24H25FN2O. The molecule has 2 aromatic carbocycles. The number of carbonyl (C=O) groups is 1. The number of aryl methyl sites for hydroxylation is 1. The quantitative estimate of drug-likeness (QED) is 0.532. The molecule has 4 heteroatoms. The van der Waals surface area contributed by atoms with Gasteiger partial charge in [-0.1, -0.05) is 55.5 Å². The third-order valence-corrected chi connectivity index (χ3v) is 4.87. The Labute approximate surface area is 165 Å². The zero-order chi connectivity index (χ0) is 19.8. The molecule has 1 atom stereocenters. The topological polar surface area (TPSA) is 33.2 Å². The predicted molar refractivity (Wildman–Crippen MR) is 109 cm³/mol. The molecule has 0 radical (unpaired) electrons. The van der Waals surface area contributed by atoms with Crippen LogP contribution in [0.15, 0.2) is 79.0 Å². The lowest BCUT2D eigenvalue weighted by Gasteiger charge is -2.31. The number of carbonyl (C=O) groups excluding carboxylic acids is 1. The maximum atomic E-state index is 13.2. The van der Waals surface area contributed by atoms with E-state index >= 15 is 0 Å². The summed E-state index contributed by atoms with van der Waals surface area (Å²) in [4.78, 5) is 19.5. The standard InChI is InChI=1S/C24H25FN2O/c1-2-23(20-8-4-3-5-9-20)27(18-22-10-6-7-17-26-22)24(28)16-13-19-11-14-21(25)15-12-19/h3-12,14-15,17,23H,2,13,16,18H2,1H3. The molecule has 0 N–H and O–H groups in total. The van der Waals surface area contributed by atoms with Gasteiger partial charge in [-0.2, -0.15) is 0 Å². The molecule has 0 saturated carbocycles. The van der Waals surface area contributed by atoms with Crippen molar-refractivity contribution in [3.8, 4) is 0 Å². The van der Waals surface area contributed by atoms with E-state index in [9.17, 15) is 9.18 Å². The van der Waals surface area contributed by atoms with Gasteiger partial charge >= 0.3 is 0 Å². The molecule has 3 aromatic rings. The number of pyridine rings is 1. The zero-order valence-electron chi connectivity index (χ0n) is 16.1. The SMILES string of the molecule is CCC(c1ccccc1)N(Cc1ccccn1)C(=O)CCc1ccc(F)cc1. The first-order chi connectivity index (χ1) is 13.7. The third kappa shape index (κ3) is 5.26. The summed E-state index contributed by atoms with van der Waals surface area (Å²) in [5.41, 5.74) is 2.95. The lowest BCUT2D eigenvalue weighted by molar-refractivity contribution is -0.134. The van der Waals surface area contributed by atoms with E-state index in [1.54, 1.807) is 18.3 Å². The minimum atomic E-state index is -0.262. The lowest BCUT2D eigenvalue weighted by atomic mass is 10.0. The van der Waals surface area contributed by atoms with Crippen LogP contribution in [0, 0.1) is 5.82 Å². The third-order valence-electron chi connectivity index (χ3n) is 4.87. The average Bonchev–Trinajstić information content (AvgIpc) is 2.74. The van der Waals surface area contributed by atoms with E-state index in [0.717, 1.165) is 23.2 Å². The monoisotopic (exact) mass is 376 g/mol. The summed E-state index contributed by atoms with van der Waals surface area (Å²) >= 11 is 0. The van der Waals surface area contributed by atoms with Crippen LogP contribution in [0.25, 0.3) is 0 Å². The van der Waals surface area contributed by atoms with Crippen LogP contribution in [0.2, 0.25) is 0 Å². The molecule has 0 bridgehead atoms. The summed E-state index contributed by atoms with van der Waals surface area (Å²) < 4.78 is 13.1. The molecule has 3 nitrogen and oxygen atoms in total. The van der Waals surface area contributed by atoms with Gasteiger partial charge < -0.3 is 4.90 Å². The average molecular weight is 376 g/mol. The van der Waals surface area contributed by atoms with Gasteiger partial charge in [-0.05, 0) is 48.2 Å². The molecule has 1 aromatic heterocycles. The van der Waals surface area contributed by atoms with Gasteiger partial charge in [0.15, 0.2) is 0 Å². The highest BCUT2D eigenvalue weighted by Crippen LogP contribution is 2.27. The fraction of sp³-hybridized carbons (Fsp3) is 0.250. The van der Waals surface area contributed by atoms with Crippen LogP contribution in [0.5, 0.6) is 0 Å². The first-order valence-electron chi connectivity index (χ1n) is 9.66. The van der Waals surface area contributed by atoms with E-state index in [1.807, 2.05) is 41.3 Å². The summed E-state index contributed by atoms with van der Waals surface area (Å²) in [5, 5.41) is 0. The molecule has 0 aliphatic heterocycles. The van der Waals surface area contributed by atoms with Gasteiger partial charge in [0, 0.05) is 12.6 Å². The van der Waals surface area contributed by atoms with E-state index in [0.29, 0.717) is 19.4 Å². The maximum Gasteiger partial charge on any atom is 0.223 e. The number of nitrogens with zero attached hydrogens (tertiary/aromatic N) is 2. The molecule has 1 heterocycles. The Morgan fingerprint density at radius 3 is 2.36 bits per heavy atom. The largest absolute Gasteiger partial charge is 0.330 e. The minimum absolute atomic E-state index is 0.0103. The Kier molecular flexibility index (Phi) is 6.90. The Morgan fingerprint density at radius 2 is 1.71 bits per heavy atom. The van der Waals surface area contributed by atoms with E-state index in [1.165, 1.54) is 12.1 Å². The number of rotatable bonds is 8. The van der Waals surface area contributed by atoms with Crippen LogP contribution in [0.1, 0.15) is 42.6 Å². The molecule has 0 aliphatic rings. The first-order valence-corrected chi connectivity index (χ1v) is 9.66. The Hall–Kier alpha value is -3.01. The number of halogens is 1. The van der Waals surface area contributed by atoms with E-state index in [4.69, 9.17) is 0 Å². The molecule has 144 valence electrons. The Balaban J connectivity index is 1.79. The van der Waals surface area contributed by atoms with Gasteiger partial charge in [0.05, 0.1) is 18.3 Å². The molecule has 0 aliphatic carbocycles. The molecule has 3 rings (SSSR count). The van der Waals surface area contributed by atoms with Gasteiger partial charge in [-0.3, -0.25) is 9.78 Å². The van der Waals surface area contributed by atoms with E-state index in [2.05, 4.69) is 24.0 Å². The van der Waals surface area contributed by atoms with Gasteiger partial charge in [0.1, 0.15) is 5.82 Å². The normalized spacial score (nSPS) is 11.8. The van der Waals surface area contributed by atoms with Crippen molar-refractivity contribution >= 4 is 5.91 Å². The number of benzene rings is 2. The summed E-state index contributed by atoms with van der Waals surface area (Å²) in [7, 11) is 0. The second-order valence-electron chi connectivity index (χ2n) is 6.80. The summed E-state index contributed by atoms with van der Waals surface area (Å²) in [6, 6.07) is 22.2. The van der Waals surface area contributed by atoms with Crippen LogP contribution < -0.4 is 0 Å². The van der Waals surface area contributed by atoms with E-state index in [-0.39, 0.29) is 17.8 Å². The number of amides is 1. The highest BCUT2D eigenvalue weighted by molar-refractivity contribution is 5.77. The second-order valence-corrected chi connectivity index (χ2v) is 6.80. The summed E-state index contributed by atoms with van der Waals surface area (Å²) in [6.45, 7) is 2.56. The fourth-order valence-corrected chi connectivity index (χ4v) is 3.40. The predicted octanol–water partition coefficient (Wildman–Crippen LogP) is 5.33. The van der Waals surface area contributed by atoms with Crippen LogP contribution >= 0.6 is 0 Å². The maximum absolute atomic E-state index is 13.2. The lowest BCUT2D eigenvalue weighted by Crippen LogP contribution is -2.34. The molecule has 0 saturated heterocycles. The van der Waals surface area contributed by atoms with Crippen molar-refractivity contribution in [3.63, 3.8) is 0 Å². The second kappa shape index (κ2) is 9.79. The molecule has 0 fully saturated rings.